The van der Waals surface area contributed by atoms with Crippen LogP contribution in [0.2, 0.25) is 0 Å². The van der Waals surface area contributed by atoms with Crippen molar-refractivity contribution in [1.82, 2.24) is 19.4 Å². The minimum absolute atomic E-state index is 0.00424. The van der Waals surface area contributed by atoms with E-state index < -0.39 is 0 Å². The van der Waals surface area contributed by atoms with Crippen molar-refractivity contribution < 1.29 is 0 Å². The summed E-state index contributed by atoms with van der Waals surface area (Å²) in [6.07, 6.45) is 1.02. The van der Waals surface area contributed by atoms with Crippen molar-refractivity contribution in [2.45, 2.75) is 13.0 Å². The number of rotatable bonds is 4. The summed E-state index contributed by atoms with van der Waals surface area (Å²) in [6.45, 7) is 6.42. The van der Waals surface area contributed by atoms with Crippen LogP contribution in [0.5, 0.6) is 0 Å². The summed E-state index contributed by atoms with van der Waals surface area (Å²) in [5.74, 6) is 0. The third-order valence-electron chi connectivity index (χ3n) is 4.13. The lowest BCUT2D eigenvalue weighted by atomic mass is 10.3. The maximum atomic E-state index is 12.0. The number of para-hydroxylation sites is 2. The third-order valence-corrected chi connectivity index (χ3v) is 4.13. The summed E-state index contributed by atoms with van der Waals surface area (Å²) in [5, 5.41) is 0. The Balaban J connectivity index is 1.60. The molecule has 1 fully saturated rings. The van der Waals surface area contributed by atoms with Crippen LogP contribution in [0.1, 0.15) is 6.42 Å². The standard InChI is InChI=1S/C15H22N4O/c1-17-9-11-18(12-10-17)7-4-8-19-14-6-3-2-5-13(14)16-15(19)20/h2-3,5-6H,4,7-12H2,1H3,(H,16,20). The van der Waals surface area contributed by atoms with E-state index in [2.05, 4.69) is 21.8 Å². The molecular weight excluding hydrogens is 252 g/mol. The first-order valence-corrected chi connectivity index (χ1v) is 7.32. The molecule has 0 aliphatic carbocycles. The number of fused-ring (bicyclic) bond motifs is 1. The van der Waals surface area contributed by atoms with Crippen molar-refractivity contribution >= 4 is 11.0 Å². The van der Waals surface area contributed by atoms with Gasteiger partial charge in [-0.15, -0.1) is 0 Å². The largest absolute Gasteiger partial charge is 0.326 e. The van der Waals surface area contributed by atoms with Crippen LogP contribution in [-0.4, -0.2) is 59.1 Å². The van der Waals surface area contributed by atoms with Gasteiger partial charge in [0, 0.05) is 32.7 Å². The molecule has 5 heteroatoms. The molecule has 1 aromatic heterocycles. The first-order chi connectivity index (χ1) is 9.74. The van der Waals surface area contributed by atoms with E-state index in [0.29, 0.717) is 0 Å². The van der Waals surface area contributed by atoms with Gasteiger partial charge in [-0.1, -0.05) is 12.1 Å². The number of hydrogen-bond donors (Lipinski definition) is 1. The molecule has 0 amide bonds. The van der Waals surface area contributed by atoms with Crippen molar-refractivity contribution in [2.75, 3.05) is 39.8 Å². The van der Waals surface area contributed by atoms with Crippen molar-refractivity contribution in [3.8, 4) is 0 Å². The van der Waals surface area contributed by atoms with Crippen LogP contribution >= 0.6 is 0 Å². The number of likely N-dealkylation sites (N-methyl/N-ethyl adjacent to an activating group) is 1. The molecule has 20 heavy (non-hydrogen) atoms. The molecule has 1 aromatic carbocycles. The lowest BCUT2D eigenvalue weighted by molar-refractivity contribution is 0.151. The summed E-state index contributed by atoms with van der Waals surface area (Å²) in [5.41, 5.74) is 1.94. The molecular formula is C15H22N4O. The molecule has 0 atom stereocenters. The average Bonchev–Trinajstić information content (AvgIpc) is 2.77. The van der Waals surface area contributed by atoms with Crippen molar-refractivity contribution in [2.24, 2.45) is 0 Å². The van der Waals surface area contributed by atoms with Gasteiger partial charge >= 0.3 is 5.69 Å². The summed E-state index contributed by atoms with van der Waals surface area (Å²) in [6, 6.07) is 7.89. The Bertz CT molecular complexity index is 622. The van der Waals surface area contributed by atoms with Gasteiger partial charge in [0.2, 0.25) is 0 Å². The monoisotopic (exact) mass is 274 g/mol. The van der Waals surface area contributed by atoms with Crippen LogP contribution in [-0.2, 0) is 6.54 Å². The molecule has 2 aromatic rings. The van der Waals surface area contributed by atoms with Crippen LogP contribution in [0.3, 0.4) is 0 Å². The normalized spacial score (nSPS) is 17.9. The van der Waals surface area contributed by atoms with Gasteiger partial charge in [0.05, 0.1) is 11.0 Å². The zero-order chi connectivity index (χ0) is 13.9. The molecule has 0 radical (unpaired) electrons. The highest BCUT2D eigenvalue weighted by Crippen LogP contribution is 2.09. The number of benzene rings is 1. The molecule has 1 aliphatic heterocycles. The number of hydrogen-bond acceptors (Lipinski definition) is 3. The van der Waals surface area contributed by atoms with Gasteiger partial charge in [-0.3, -0.25) is 4.57 Å². The van der Waals surface area contributed by atoms with Crippen molar-refractivity contribution in [3.05, 3.63) is 34.7 Å². The predicted molar refractivity (Wildman–Crippen MR) is 81.1 cm³/mol. The quantitative estimate of drug-likeness (QED) is 0.903. The molecule has 108 valence electrons. The van der Waals surface area contributed by atoms with Crippen LogP contribution in [0.25, 0.3) is 11.0 Å². The molecule has 0 unspecified atom stereocenters. The third kappa shape index (κ3) is 2.78. The fraction of sp³-hybridized carbons (Fsp3) is 0.533. The Morgan fingerprint density at radius 2 is 1.85 bits per heavy atom. The zero-order valence-electron chi connectivity index (χ0n) is 12.0. The highest BCUT2D eigenvalue weighted by Gasteiger charge is 2.13. The summed E-state index contributed by atoms with van der Waals surface area (Å²) in [4.78, 5) is 19.7. The molecule has 1 N–H and O–H groups in total. The second-order valence-electron chi connectivity index (χ2n) is 5.60. The van der Waals surface area contributed by atoms with E-state index in [-0.39, 0.29) is 5.69 Å². The second-order valence-corrected chi connectivity index (χ2v) is 5.60. The van der Waals surface area contributed by atoms with Crippen molar-refractivity contribution in [3.63, 3.8) is 0 Å². The number of piperazine rings is 1. The molecule has 2 heterocycles. The average molecular weight is 274 g/mol. The Morgan fingerprint density at radius 1 is 1.10 bits per heavy atom. The number of nitrogens with one attached hydrogen (secondary N) is 1. The van der Waals surface area contributed by atoms with E-state index in [1.54, 1.807) is 0 Å². The predicted octanol–water partition coefficient (Wildman–Crippen LogP) is 0.967. The number of aryl methyl sites for hydroxylation is 1. The van der Waals surface area contributed by atoms with Crippen LogP contribution in [0.4, 0.5) is 0 Å². The fourth-order valence-corrected chi connectivity index (χ4v) is 2.85. The van der Waals surface area contributed by atoms with Crippen molar-refractivity contribution in [1.29, 1.82) is 0 Å². The van der Waals surface area contributed by atoms with Crippen LogP contribution in [0.15, 0.2) is 29.1 Å². The van der Waals surface area contributed by atoms with E-state index in [1.165, 1.54) is 0 Å². The van der Waals surface area contributed by atoms with Gasteiger partial charge in [-0.25, -0.2) is 4.79 Å². The number of H-pyrrole nitrogens is 1. The van der Waals surface area contributed by atoms with E-state index in [1.807, 2.05) is 28.8 Å². The first kappa shape index (κ1) is 13.4. The van der Waals surface area contributed by atoms with Gasteiger partial charge in [0.1, 0.15) is 0 Å². The number of imidazole rings is 1. The van der Waals surface area contributed by atoms with Crippen LogP contribution in [0, 0.1) is 0 Å². The lowest BCUT2D eigenvalue weighted by Gasteiger charge is -2.32. The zero-order valence-corrected chi connectivity index (χ0v) is 12.0. The topological polar surface area (TPSA) is 44.3 Å². The van der Waals surface area contributed by atoms with Gasteiger partial charge in [0.25, 0.3) is 0 Å². The maximum absolute atomic E-state index is 12.0. The molecule has 1 aliphatic rings. The number of nitrogens with zero attached hydrogens (tertiary/aromatic N) is 3. The Kier molecular flexibility index (Phi) is 3.89. The Hall–Kier alpha value is -1.59. The minimum Gasteiger partial charge on any atom is -0.306 e. The lowest BCUT2D eigenvalue weighted by Crippen LogP contribution is -2.44. The van der Waals surface area contributed by atoms with E-state index in [9.17, 15) is 4.79 Å². The first-order valence-electron chi connectivity index (χ1n) is 7.32. The smallest absolute Gasteiger partial charge is 0.306 e. The fourth-order valence-electron chi connectivity index (χ4n) is 2.85. The second kappa shape index (κ2) is 5.81. The molecule has 0 spiro atoms. The molecule has 0 saturated carbocycles. The van der Waals surface area contributed by atoms with E-state index in [4.69, 9.17) is 0 Å². The van der Waals surface area contributed by atoms with E-state index in [0.717, 1.165) is 56.7 Å². The summed E-state index contributed by atoms with van der Waals surface area (Å²) >= 11 is 0. The molecule has 0 bridgehead atoms. The van der Waals surface area contributed by atoms with Crippen LogP contribution < -0.4 is 5.69 Å². The summed E-state index contributed by atoms with van der Waals surface area (Å²) in [7, 11) is 2.17. The molecule has 5 nitrogen and oxygen atoms in total. The van der Waals surface area contributed by atoms with E-state index >= 15 is 0 Å². The molecule has 3 rings (SSSR count). The van der Waals surface area contributed by atoms with Gasteiger partial charge in [-0.05, 0) is 32.1 Å². The number of aromatic amines is 1. The number of aromatic nitrogens is 2. The highest BCUT2D eigenvalue weighted by atomic mass is 16.1. The summed E-state index contributed by atoms with van der Waals surface area (Å²) < 4.78 is 1.85. The van der Waals surface area contributed by atoms with Gasteiger partial charge in [-0.2, -0.15) is 0 Å². The maximum Gasteiger partial charge on any atom is 0.326 e. The van der Waals surface area contributed by atoms with Gasteiger partial charge < -0.3 is 14.8 Å². The SMILES string of the molecule is CN1CCN(CCCn2c(=O)[nH]c3ccccc32)CC1. The minimum atomic E-state index is 0.00424. The Labute approximate surface area is 118 Å². The molecule has 1 saturated heterocycles. The van der Waals surface area contributed by atoms with Gasteiger partial charge in [0.15, 0.2) is 0 Å². The Morgan fingerprint density at radius 3 is 2.65 bits per heavy atom. The highest BCUT2D eigenvalue weighted by molar-refractivity contribution is 5.74.